The first-order valence-corrected chi connectivity index (χ1v) is 4.87. The molecule has 2 heterocycles. The molecular formula is C9H18N2O2. The van der Waals surface area contributed by atoms with E-state index in [0.29, 0.717) is 6.54 Å². The number of fused-ring (bicyclic) bond motifs is 1. The molecule has 3 N–H and O–H groups in total. The third kappa shape index (κ3) is 1.48. The van der Waals surface area contributed by atoms with Crippen LogP contribution in [0.5, 0.6) is 0 Å². The van der Waals surface area contributed by atoms with Gasteiger partial charge in [0.2, 0.25) is 0 Å². The Balaban J connectivity index is 2.19. The monoisotopic (exact) mass is 186 g/mol. The maximum absolute atomic E-state index is 5.90. The van der Waals surface area contributed by atoms with Crippen molar-refractivity contribution < 1.29 is 9.47 Å². The fraction of sp³-hybridized carbons (Fsp3) is 1.00. The molecule has 0 radical (unpaired) electrons. The lowest BCUT2D eigenvalue weighted by atomic mass is 9.90. The minimum absolute atomic E-state index is 0.112. The Labute approximate surface area is 78.8 Å². The molecule has 0 bridgehead atoms. The summed E-state index contributed by atoms with van der Waals surface area (Å²) in [6, 6.07) is 0. The number of piperidine rings is 1. The quantitative estimate of drug-likeness (QED) is 0.597. The van der Waals surface area contributed by atoms with Crippen LogP contribution in [0.4, 0.5) is 0 Å². The summed E-state index contributed by atoms with van der Waals surface area (Å²) in [4.78, 5) is 0. The first-order valence-electron chi connectivity index (χ1n) is 4.87. The molecule has 0 amide bonds. The maximum Gasteiger partial charge on any atom is 0.164 e. The Hall–Kier alpha value is -0.160. The number of rotatable bonds is 1. The van der Waals surface area contributed by atoms with Crippen molar-refractivity contribution in [1.82, 2.24) is 5.32 Å². The summed E-state index contributed by atoms with van der Waals surface area (Å²) >= 11 is 0. The van der Waals surface area contributed by atoms with Crippen molar-refractivity contribution in [3.63, 3.8) is 0 Å². The van der Waals surface area contributed by atoms with Gasteiger partial charge in [-0.05, 0) is 26.8 Å². The normalized spacial score (nSPS) is 43.2. The van der Waals surface area contributed by atoms with E-state index >= 15 is 0 Å². The molecular weight excluding hydrogens is 168 g/mol. The van der Waals surface area contributed by atoms with Crippen LogP contribution in [-0.4, -0.2) is 37.1 Å². The van der Waals surface area contributed by atoms with Gasteiger partial charge in [0.05, 0.1) is 0 Å². The van der Waals surface area contributed by atoms with E-state index in [4.69, 9.17) is 15.2 Å². The number of hydrogen-bond acceptors (Lipinski definition) is 4. The highest BCUT2D eigenvalue weighted by atomic mass is 16.8. The lowest BCUT2D eigenvalue weighted by Crippen LogP contribution is -2.56. The van der Waals surface area contributed by atoms with E-state index in [9.17, 15) is 0 Å². The Morgan fingerprint density at radius 3 is 2.92 bits per heavy atom. The molecule has 0 aromatic rings. The highest BCUT2D eigenvalue weighted by Gasteiger charge is 2.53. The molecule has 0 saturated carbocycles. The summed E-state index contributed by atoms with van der Waals surface area (Å²) in [5, 5.41) is 3.29. The van der Waals surface area contributed by atoms with Crippen molar-refractivity contribution in [3.05, 3.63) is 0 Å². The second-order valence-corrected chi connectivity index (χ2v) is 4.33. The standard InChI is InChI=1S/C9H18N2O2/c1-8(2)12-7-5-11-4-3-9(7,6-10)13-8/h7,11H,3-6,10H2,1-2H3. The van der Waals surface area contributed by atoms with Crippen LogP contribution in [0.3, 0.4) is 0 Å². The van der Waals surface area contributed by atoms with Gasteiger partial charge in [-0.2, -0.15) is 0 Å². The van der Waals surface area contributed by atoms with Crippen molar-refractivity contribution in [3.8, 4) is 0 Å². The molecule has 2 unspecified atom stereocenters. The Bertz CT molecular complexity index is 208. The lowest BCUT2D eigenvalue weighted by Gasteiger charge is -2.35. The zero-order valence-corrected chi connectivity index (χ0v) is 8.30. The van der Waals surface area contributed by atoms with Gasteiger partial charge in [-0.25, -0.2) is 0 Å². The van der Waals surface area contributed by atoms with Crippen molar-refractivity contribution in [2.24, 2.45) is 5.73 Å². The summed E-state index contributed by atoms with van der Waals surface area (Å²) < 4.78 is 11.7. The maximum atomic E-state index is 5.90. The van der Waals surface area contributed by atoms with Gasteiger partial charge in [0.15, 0.2) is 5.79 Å². The molecule has 0 aliphatic carbocycles. The largest absolute Gasteiger partial charge is 0.343 e. The molecule has 2 aliphatic heterocycles. The average Bonchev–Trinajstić information content (AvgIpc) is 2.35. The second-order valence-electron chi connectivity index (χ2n) is 4.33. The molecule has 0 aromatic carbocycles. The fourth-order valence-electron chi connectivity index (χ4n) is 2.28. The molecule has 0 spiro atoms. The highest BCUT2D eigenvalue weighted by molar-refractivity contribution is 5.01. The summed E-state index contributed by atoms with van der Waals surface area (Å²) in [6.07, 6.45) is 1.05. The Morgan fingerprint density at radius 1 is 1.54 bits per heavy atom. The van der Waals surface area contributed by atoms with Gasteiger partial charge in [-0.1, -0.05) is 0 Å². The third-order valence-electron chi connectivity index (χ3n) is 2.86. The van der Waals surface area contributed by atoms with Gasteiger partial charge in [-0.3, -0.25) is 0 Å². The van der Waals surface area contributed by atoms with E-state index in [0.717, 1.165) is 19.5 Å². The van der Waals surface area contributed by atoms with E-state index in [-0.39, 0.29) is 11.7 Å². The van der Waals surface area contributed by atoms with E-state index < -0.39 is 5.79 Å². The molecule has 0 aromatic heterocycles. The summed E-state index contributed by atoms with van der Waals surface area (Å²) in [6.45, 7) is 6.25. The van der Waals surface area contributed by atoms with E-state index in [1.165, 1.54) is 0 Å². The van der Waals surface area contributed by atoms with Crippen LogP contribution in [0.25, 0.3) is 0 Å². The molecule has 2 atom stereocenters. The van der Waals surface area contributed by atoms with E-state index in [1.807, 2.05) is 13.8 Å². The minimum Gasteiger partial charge on any atom is -0.343 e. The molecule has 4 heteroatoms. The lowest BCUT2D eigenvalue weighted by molar-refractivity contribution is -0.161. The molecule has 13 heavy (non-hydrogen) atoms. The van der Waals surface area contributed by atoms with Gasteiger partial charge in [0, 0.05) is 13.1 Å². The Morgan fingerprint density at radius 2 is 2.31 bits per heavy atom. The smallest absolute Gasteiger partial charge is 0.164 e. The predicted octanol–water partition coefficient (Wildman–Crippen LogP) is -0.171. The van der Waals surface area contributed by atoms with Crippen LogP contribution >= 0.6 is 0 Å². The van der Waals surface area contributed by atoms with Crippen LogP contribution in [0.15, 0.2) is 0 Å². The van der Waals surface area contributed by atoms with Crippen molar-refractivity contribution in [2.45, 2.75) is 37.8 Å². The molecule has 4 nitrogen and oxygen atoms in total. The van der Waals surface area contributed by atoms with Gasteiger partial charge in [0.25, 0.3) is 0 Å². The number of ether oxygens (including phenoxy) is 2. The topological polar surface area (TPSA) is 56.5 Å². The van der Waals surface area contributed by atoms with E-state index in [2.05, 4.69) is 5.32 Å². The SMILES string of the molecule is CC1(C)OC2CNCCC2(CN)O1. The summed E-state index contributed by atoms with van der Waals surface area (Å²) in [7, 11) is 0. The predicted molar refractivity (Wildman–Crippen MR) is 49.3 cm³/mol. The van der Waals surface area contributed by atoms with Crippen molar-refractivity contribution >= 4 is 0 Å². The summed E-state index contributed by atoms with van der Waals surface area (Å²) in [5.41, 5.74) is 5.53. The zero-order valence-electron chi connectivity index (χ0n) is 8.30. The van der Waals surface area contributed by atoms with Crippen molar-refractivity contribution in [1.29, 1.82) is 0 Å². The first-order chi connectivity index (χ1) is 6.08. The van der Waals surface area contributed by atoms with Gasteiger partial charge < -0.3 is 20.5 Å². The number of nitrogens with two attached hydrogens (primary N) is 1. The molecule has 2 saturated heterocycles. The van der Waals surface area contributed by atoms with Gasteiger partial charge >= 0.3 is 0 Å². The second kappa shape index (κ2) is 2.92. The Kier molecular flexibility index (Phi) is 2.11. The molecule has 2 fully saturated rings. The van der Waals surface area contributed by atoms with Crippen LogP contribution < -0.4 is 11.1 Å². The average molecular weight is 186 g/mol. The van der Waals surface area contributed by atoms with Crippen LogP contribution in [-0.2, 0) is 9.47 Å². The molecule has 2 aliphatic rings. The van der Waals surface area contributed by atoms with Crippen molar-refractivity contribution in [2.75, 3.05) is 19.6 Å². The first kappa shape index (κ1) is 9.40. The minimum atomic E-state index is -0.476. The number of hydrogen-bond donors (Lipinski definition) is 2. The summed E-state index contributed by atoms with van der Waals surface area (Å²) in [5.74, 6) is -0.476. The molecule has 2 rings (SSSR count). The molecule has 76 valence electrons. The third-order valence-corrected chi connectivity index (χ3v) is 2.86. The fourth-order valence-corrected chi connectivity index (χ4v) is 2.28. The van der Waals surface area contributed by atoms with E-state index in [1.54, 1.807) is 0 Å². The number of nitrogens with one attached hydrogen (secondary N) is 1. The van der Waals surface area contributed by atoms with Gasteiger partial charge in [0.1, 0.15) is 11.7 Å². The highest BCUT2D eigenvalue weighted by Crippen LogP contribution is 2.39. The zero-order chi connectivity index (χ0) is 9.53. The van der Waals surface area contributed by atoms with Crippen LogP contribution in [0.2, 0.25) is 0 Å². The van der Waals surface area contributed by atoms with Gasteiger partial charge in [-0.15, -0.1) is 0 Å². The van der Waals surface area contributed by atoms with Crippen LogP contribution in [0, 0.1) is 0 Å². The van der Waals surface area contributed by atoms with Crippen LogP contribution in [0.1, 0.15) is 20.3 Å².